The number of rotatable bonds is 6. The van der Waals surface area contributed by atoms with Gasteiger partial charge in [-0.25, -0.2) is 4.79 Å². The van der Waals surface area contributed by atoms with Gasteiger partial charge in [0.2, 0.25) is 5.91 Å². The first-order valence-electron chi connectivity index (χ1n) is 9.01. The maximum absolute atomic E-state index is 12.4. The highest BCUT2D eigenvalue weighted by Crippen LogP contribution is 2.17. The molecule has 2 aromatic rings. The minimum Gasteiger partial charge on any atom is -0.338 e. The standard InChI is InChI=1S/C21H25N3O2/c1-23(15-17-8-3-2-4-9-17)21(26)22-14-18-10-5-6-11-19(18)16-24-13-7-12-20(24)25/h2-6,8-11H,7,12-16H2,1H3,(H,22,26). The second kappa shape index (κ2) is 8.52. The predicted octanol–water partition coefficient (Wildman–Crippen LogP) is 3.15. The Balaban J connectivity index is 1.57. The maximum atomic E-state index is 12.4. The van der Waals surface area contributed by atoms with Crippen molar-refractivity contribution in [1.29, 1.82) is 0 Å². The lowest BCUT2D eigenvalue weighted by atomic mass is 10.1. The highest BCUT2D eigenvalue weighted by atomic mass is 16.2. The molecular weight excluding hydrogens is 326 g/mol. The number of carbonyl (C=O) groups is 2. The van der Waals surface area contributed by atoms with Gasteiger partial charge in [-0.2, -0.15) is 0 Å². The molecule has 0 saturated carbocycles. The van der Waals surface area contributed by atoms with Crippen LogP contribution in [0.5, 0.6) is 0 Å². The highest BCUT2D eigenvalue weighted by molar-refractivity contribution is 5.78. The molecule has 1 fully saturated rings. The summed E-state index contributed by atoms with van der Waals surface area (Å²) < 4.78 is 0. The van der Waals surface area contributed by atoms with Crippen LogP contribution in [0.1, 0.15) is 29.5 Å². The minimum atomic E-state index is -0.110. The molecule has 26 heavy (non-hydrogen) atoms. The fourth-order valence-corrected chi connectivity index (χ4v) is 3.20. The van der Waals surface area contributed by atoms with E-state index in [2.05, 4.69) is 5.32 Å². The number of urea groups is 1. The number of hydrogen-bond donors (Lipinski definition) is 1. The first kappa shape index (κ1) is 18.0. The molecule has 0 aromatic heterocycles. The normalized spacial score (nSPS) is 13.7. The van der Waals surface area contributed by atoms with Gasteiger partial charge in [0.1, 0.15) is 0 Å². The van der Waals surface area contributed by atoms with Crippen molar-refractivity contribution < 1.29 is 9.59 Å². The molecule has 0 atom stereocenters. The SMILES string of the molecule is CN(Cc1ccccc1)C(=O)NCc1ccccc1CN1CCCC1=O. The average molecular weight is 351 g/mol. The number of benzene rings is 2. The number of carbonyl (C=O) groups excluding carboxylic acids is 2. The van der Waals surface area contributed by atoms with Gasteiger partial charge in [-0.15, -0.1) is 0 Å². The molecule has 1 heterocycles. The van der Waals surface area contributed by atoms with Gasteiger partial charge >= 0.3 is 6.03 Å². The van der Waals surface area contributed by atoms with E-state index in [1.165, 1.54) is 0 Å². The van der Waals surface area contributed by atoms with Gasteiger partial charge in [0.15, 0.2) is 0 Å². The van der Waals surface area contributed by atoms with Crippen LogP contribution >= 0.6 is 0 Å². The highest BCUT2D eigenvalue weighted by Gasteiger charge is 2.21. The molecule has 1 aliphatic heterocycles. The van der Waals surface area contributed by atoms with Gasteiger partial charge in [0, 0.05) is 39.6 Å². The first-order valence-corrected chi connectivity index (χ1v) is 9.01. The van der Waals surface area contributed by atoms with E-state index in [0.717, 1.165) is 29.7 Å². The van der Waals surface area contributed by atoms with Crippen molar-refractivity contribution in [1.82, 2.24) is 15.1 Å². The Labute approximate surface area is 154 Å². The van der Waals surface area contributed by atoms with E-state index in [0.29, 0.717) is 26.1 Å². The number of likely N-dealkylation sites (tertiary alicyclic amines) is 1. The molecule has 2 aromatic carbocycles. The van der Waals surface area contributed by atoms with Gasteiger partial charge in [-0.05, 0) is 23.1 Å². The van der Waals surface area contributed by atoms with E-state index in [9.17, 15) is 9.59 Å². The van der Waals surface area contributed by atoms with Gasteiger partial charge in [-0.3, -0.25) is 4.79 Å². The lowest BCUT2D eigenvalue weighted by molar-refractivity contribution is -0.128. The first-order chi connectivity index (χ1) is 12.6. The topological polar surface area (TPSA) is 52.7 Å². The van der Waals surface area contributed by atoms with Crippen molar-refractivity contribution in [3.63, 3.8) is 0 Å². The Kier molecular flexibility index (Phi) is 5.89. The Morgan fingerprint density at radius 2 is 1.77 bits per heavy atom. The Morgan fingerprint density at radius 1 is 1.08 bits per heavy atom. The van der Waals surface area contributed by atoms with Crippen molar-refractivity contribution in [2.24, 2.45) is 0 Å². The van der Waals surface area contributed by atoms with Crippen LogP contribution in [0, 0.1) is 0 Å². The second-order valence-electron chi connectivity index (χ2n) is 6.69. The molecule has 136 valence electrons. The molecule has 1 aliphatic rings. The molecular formula is C21H25N3O2. The zero-order chi connectivity index (χ0) is 18.4. The van der Waals surface area contributed by atoms with Crippen molar-refractivity contribution in [3.05, 3.63) is 71.3 Å². The summed E-state index contributed by atoms with van der Waals surface area (Å²) in [6, 6.07) is 17.8. The molecule has 0 radical (unpaired) electrons. The minimum absolute atomic E-state index is 0.110. The zero-order valence-corrected chi connectivity index (χ0v) is 15.1. The summed E-state index contributed by atoms with van der Waals surface area (Å²) >= 11 is 0. The Hall–Kier alpha value is -2.82. The van der Waals surface area contributed by atoms with Crippen molar-refractivity contribution in [2.45, 2.75) is 32.5 Å². The molecule has 5 heteroatoms. The summed E-state index contributed by atoms with van der Waals surface area (Å²) in [6.07, 6.45) is 1.57. The molecule has 1 N–H and O–H groups in total. The molecule has 5 nitrogen and oxygen atoms in total. The predicted molar refractivity (Wildman–Crippen MR) is 101 cm³/mol. The largest absolute Gasteiger partial charge is 0.338 e. The molecule has 3 rings (SSSR count). The van der Waals surface area contributed by atoms with Gasteiger partial charge < -0.3 is 15.1 Å². The van der Waals surface area contributed by atoms with Crippen LogP contribution in [0.3, 0.4) is 0 Å². The van der Waals surface area contributed by atoms with Crippen LogP contribution in [-0.4, -0.2) is 35.3 Å². The summed E-state index contributed by atoms with van der Waals surface area (Å²) in [4.78, 5) is 27.8. The smallest absolute Gasteiger partial charge is 0.317 e. The summed E-state index contributed by atoms with van der Waals surface area (Å²) in [5.41, 5.74) is 3.24. The zero-order valence-electron chi connectivity index (χ0n) is 15.1. The third-order valence-corrected chi connectivity index (χ3v) is 4.69. The summed E-state index contributed by atoms with van der Waals surface area (Å²) in [5, 5.41) is 2.98. The molecule has 3 amide bonds. The van der Waals surface area contributed by atoms with E-state index in [-0.39, 0.29) is 11.9 Å². The van der Waals surface area contributed by atoms with Crippen molar-refractivity contribution in [2.75, 3.05) is 13.6 Å². The number of nitrogens with zero attached hydrogens (tertiary/aromatic N) is 2. The fourth-order valence-electron chi connectivity index (χ4n) is 3.20. The summed E-state index contributed by atoms with van der Waals surface area (Å²) in [6.45, 7) is 2.46. The van der Waals surface area contributed by atoms with Crippen LogP contribution in [0.15, 0.2) is 54.6 Å². The molecule has 0 aliphatic carbocycles. The number of amides is 3. The molecule has 1 saturated heterocycles. The van der Waals surface area contributed by atoms with Crippen LogP contribution < -0.4 is 5.32 Å². The fraction of sp³-hybridized carbons (Fsp3) is 0.333. The van der Waals surface area contributed by atoms with E-state index in [1.54, 1.807) is 11.9 Å². The molecule has 0 unspecified atom stereocenters. The lowest BCUT2D eigenvalue weighted by Gasteiger charge is -2.20. The summed E-state index contributed by atoms with van der Waals surface area (Å²) in [7, 11) is 1.79. The second-order valence-corrected chi connectivity index (χ2v) is 6.69. The monoisotopic (exact) mass is 351 g/mol. The van der Waals surface area contributed by atoms with E-state index < -0.39 is 0 Å². The van der Waals surface area contributed by atoms with Gasteiger partial charge in [0.25, 0.3) is 0 Å². The van der Waals surface area contributed by atoms with Crippen LogP contribution in [-0.2, 0) is 24.4 Å². The van der Waals surface area contributed by atoms with E-state index in [4.69, 9.17) is 0 Å². The Bertz CT molecular complexity index is 761. The third-order valence-electron chi connectivity index (χ3n) is 4.69. The van der Waals surface area contributed by atoms with Crippen molar-refractivity contribution in [3.8, 4) is 0 Å². The van der Waals surface area contributed by atoms with E-state index in [1.807, 2.05) is 59.5 Å². The third kappa shape index (κ3) is 4.63. The lowest BCUT2D eigenvalue weighted by Crippen LogP contribution is -2.36. The van der Waals surface area contributed by atoms with Crippen LogP contribution in [0.25, 0.3) is 0 Å². The van der Waals surface area contributed by atoms with Gasteiger partial charge in [0.05, 0.1) is 0 Å². The summed E-state index contributed by atoms with van der Waals surface area (Å²) in [5.74, 6) is 0.214. The molecule has 0 bridgehead atoms. The quantitative estimate of drug-likeness (QED) is 0.869. The van der Waals surface area contributed by atoms with E-state index >= 15 is 0 Å². The maximum Gasteiger partial charge on any atom is 0.317 e. The van der Waals surface area contributed by atoms with Gasteiger partial charge in [-0.1, -0.05) is 54.6 Å². The van der Waals surface area contributed by atoms with Crippen LogP contribution in [0.2, 0.25) is 0 Å². The number of hydrogen-bond acceptors (Lipinski definition) is 2. The molecule has 0 spiro atoms. The Morgan fingerprint density at radius 3 is 2.46 bits per heavy atom. The average Bonchev–Trinajstić information content (AvgIpc) is 3.06. The number of nitrogens with one attached hydrogen (secondary N) is 1. The van der Waals surface area contributed by atoms with Crippen LogP contribution in [0.4, 0.5) is 4.79 Å². The van der Waals surface area contributed by atoms with Crippen molar-refractivity contribution >= 4 is 11.9 Å².